The average Bonchev–Trinajstić information content (AvgIpc) is 2.84. The summed E-state index contributed by atoms with van der Waals surface area (Å²) in [5, 5.41) is 0. The summed E-state index contributed by atoms with van der Waals surface area (Å²) < 4.78 is 25.3. The van der Waals surface area contributed by atoms with Gasteiger partial charge in [-0.1, -0.05) is 36.8 Å². The number of hydrogen-bond donors (Lipinski definition) is 0. The number of rotatable bonds is 4. The summed E-state index contributed by atoms with van der Waals surface area (Å²) in [5.41, 5.74) is 2.30. The number of carbonyl (C=O) groups excluding carboxylic acids is 2. The van der Waals surface area contributed by atoms with E-state index in [2.05, 4.69) is 0 Å². The van der Waals surface area contributed by atoms with E-state index in [4.69, 9.17) is 0 Å². The van der Waals surface area contributed by atoms with Gasteiger partial charge in [-0.05, 0) is 31.7 Å². The molecule has 4 nitrogen and oxygen atoms in total. The lowest BCUT2D eigenvalue weighted by atomic mass is 9.97. The molecule has 0 aromatic heterocycles. The van der Waals surface area contributed by atoms with Crippen molar-refractivity contribution >= 4 is 11.8 Å². The second kappa shape index (κ2) is 7.10. The van der Waals surface area contributed by atoms with E-state index in [9.17, 15) is 18.4 Å². The summed E-state index contributed by atoms with van der Waals surface area (Å²) >= 11 is 0. The summed E-state index contributed by atoms with van der Waals surface area (Å²) in [5.74, 6) is -1.21. The molecule has 0 spiro atoms. The predicted molar refractivity (Wildman–Crippen MR) is 90.3 cm³/mol. The summed E-state index contributed by atoms with van der Waals surface area (Å²) in [6.07, 6.45) is -0.752. The van der Waals surface area contributed by atoms with Gasteiger partial charge < -0.3 is 9.80 Å². The van der Waals surface area contributed by atoms with Crippen molar-refractivity contribution in [1.29, 1.82) is 0 Å². The summed E-state index contributed by atoms with van der Waals surface area (Å²) in [6.45, 7) is 4.39. The molecule has 0 aliphatic carbocycles. The van der Waals surface area contributed by atoms with E-state index in [1.54, 1.807) is 0 Å². The van der Waals surface area contributed by atoms with E-state index in [0.29, 0.717) is 6.42 Å². The highest BCUT2D eigenvalue weighted by molar-refractivity contribution is 5.82. The Bertz CT molecular complexity index is 633. The molecule has 2 fully saturated rings. The van der Waals surface area contributed by atoms with E-state index in [1.165, 1.54) is 10.5 Å². The zero-order valence-electron chi connectivity index (χ0n) is 14.6. The topological polar surface area (TPSA) is 40.6 Å². The quantitative estimate of drug-likeness (QED) is 0.838. The molecule has 3 atom stereocenters. The number of carbonyl (C=O) groups is 2. The lowest BCUT2D eigenvalue weighted by Crippen LogP contribution is -2.59. The standard InChI is InChI=1S/C19H24F2N2O2/c1-12-3-5-14(6-4-12)9-13(2)18(24)23-15-7-8-16(23)11-22(10-15)19(25)17(20)21/h3-6,13,15-17H,7-11H2,1-2H3. The van der Waals surface area contributed by atoms with E-state index in [0.717, 1.165) is 18.4 Å². The van der Waals surface area contributed by atoms with Crippen molar-refractivity contribution in [2.45, 2.75) is 51.6 Å². The largest absolute Gasteiger partial charge is 0.334 e. The molecule has 2 bridgehead atoms. The number of fused-ring (bicyclic) bond motifs is 2. The number of halogens is 2. The molecule has 1 aromatic carbocycles. The van der Waals surface area contributed by atoms with Crippen LogP contribution in [0.5, 0.6) is 0 Å². The van der Waals surface area contributed by atoms with Gasteiger partial charge in [-0.3, -0.25) is 9.59 Å². The maximum atomic E-state index is 12.9. The summed E-state index contributed by atoms with van der Waals surface area (Å²) in [6, 6.07) is 7.87. The van der Waals surface area contributed by atoms with Crippen molar-refractivity contribution in [3.05, 3.63) is 35.4 Å². The highest BCUT2D eigenvalue weighted by Crippen LogP contribution is 2.32. The third kappa shape index (κ3) is 3.67. The van der Waals surface area contributed by atoms with Gasteiger partial charge in [0.2, 0.25) is 5.91 Å². The van der Waals surface area contributed by atoms with Crippen LogP contribution in [-0.2, 0) is 16.0 Å². The number of aryl methyl sites for hydroxylation is 1. The van der Waals surface area contributed by atoms with E-state index in [-0.39, 0.29) is 37.0 Å². The number of amides is 2. The minimum absolute atomic E-state index is 0.0669. The first-order chi connectivity index (χ1) is 11.9. The van der Waals surface area contributed by atoms with Crippen molar-refractivity contribution in [3.63, 3.8) is 0 Å². The molecule has 1 aromatic rings. The molecule has 2 heterocycles. The zero-order valence-corrected chi connectivity index (χ0v) is 14.6. The van der Waals surface area contributed by atoms with E-state index in [1.807, 2.05) is 43.0 Å². The monoisotopic (exact) mass is 350 g/mol. The number of likely N-dealkylation sites (tertiary alicyclic amines) is 1. The first-order valence-electron chi connectivity index (χ1n) is 8.81. The first kappa shape index (κ1) is 17.8. The smallest absolute Gasteiger partial charge is 0.315 e. The third-order valence-corrected chi connectivity index (χ3v) is 5.32. The van der Waals surface area contributed by atoms with E-state index >= 15 is 0 Å². The molecule has 2 aliphatic heterocycles. The van der Waals surface area contributed by atoms with Crippen molar-refractivity contribution in [3.8, 4) is 0 Å². The van der Waals surface area contributed by atoms with Crippen LogP contribution in [0.25, 0.3) is 0 Å². The Labute approximate surface area is 146 Å². The molecule has 136 valence electrons. The number of hydrogen-bond acceptors (Lipinski definition) is 2. The van der Waals surface area contributed by atoms with Crippen LogP contribution in [0.2, 0.25) is 0 Å². The fourth-order valence-corrected chi connectivity index (χ4v) is 4.00. The number of alkyl halides is 2. The SMILES string of the molecule is Cc1ccc(CC(C)C(=O)N2C3CCC2CN(C(=O)C(F)F)C3)cc1. The minimum Gasteiger partial charge on any atom is -0.334 e. The van der Waals surface area contributed by atoms with Gasteiger partial charge in [0.05, 0.1) is 0 Å². The molecule has 25 heavy (non-hydrogen) atoms. The van der Waals surface area contributed by atoms with Gasteiger partial charge in [0, 0.05) is 31.1 Å². The third-order valence-electron chi connectivity index (χ3n) is 5.32. The predicted octanol–water partition coefficient (Wildman–Crippen LogP) is 2.64. The Morgan fingerprint density at radius 1 is 1.08 bits per heavy atom. The van der Waals surface area contributed by atoms with Gasteiger partial charge in [-0.2, -0.15) is 8.78 Å². The molecule has 0 saturated carbocycles. The minimum atomic E-state index is -2.97. The fraction of sp³-hybridized carbons (Fsp3) is 0.579. The molecule has 3 unspecified atom stereocenters. The second-order valence-electron chi connectivity index (χ2n) is 7.27. The molecule has 2 aliphatic rings. The lowest BCUT2D eigenvalue weighted by molar-refractivity contribution is -0.152. The van der Waals surface area contributed by atoms with Crippen LogP contribution in [0, 0.1) is 12.8 Å². The van der Waals surface area contributed by atoms with Crippen LogP contribution in [0.1, 0.15) is 30.9 Å². The molecular formula is C19H24F2N2O2. The van der Waals surface area contributed by atoms with Gasteiger partial charge in [0.25, 0.3) is 5.91 Å². The first-order valence-corrected chi connectivity index (χ1v) is 8.81. The van der Waals surface area contributed by atoms with Crippen LogP contribution in [-0.4, -0.2) is 53.2 Å². The van der Waals surface area contributed by atoms with Gasteiger partial charge >= 0.3 is 6.43 Å². The van der Waals surface area contributed by atoms with Gasteiger partial charge in [0.1, 0.15) is 0 Å². The number of benzene rings is 1. The summed E-state index contributed by atoms with van der Waals surface area (Å²) in [4.78, 5) is 27.6. The Kier molecular flexibility index (Phi) is 5.06. The normalized spacial score (nSPS) is 23.9. The van der Waals surface area contributed by atoms with Crippen LogP contribution in [0.3, 0.4) is 0 Å². The van der Waals surface area contributed by atoms with Crippen molar-refractivity contribution in [2.24, 2.45) is 5.92 Å². The summed E-state index contributed by atoms with van der Waals surface area (Å²) in [7, 11) is 0. The zero-order chi connectivity index (χ0) is 18.1. The van der Waals surface area contributed by atoms with Crippen molar-refractivity contribution < 1.29 is 18.4 Å². The average molecular weight is 350 g/mol. The molecule has 3 rings (SSSR count). The molecule has 2 amide bonds. The van der Waals surface area contributed by atoms with Crippen molar-refractivity contribution in [1.82, 2.24) is 9.80 Å². The van der Waals surface area contributed by atoms with Crippen LogP contribution in [0.4, 0.5) is 8.78 Å². The van der Waals surface area contributed by atoms with Crippen LogP contribution < -0.4 is 0 Å². The second-order valence-corrected chi connectivity index (χ2v) is 7.27. The highest BCUT2D eigenvalue weighted by atomic mass is 19.3. The molecule has 6 heteroatoms. The molecule has 2 saturated heterocycles. The van der Waals surface area contributed by atoms with Gasteiger partial charge in [0.15, 0.2) is 0 Å². The Balaban J connectivity index is 1.65. The van der Waals surface area contributed by atoms with Gasteiger partial charge in [-0.25, -0.2) is 0 Å². The molecule has 0 radical (unpaired) electrons. The Morgan fingerprint density at radius 3 is 2.16 bits per heavy atom. The maximum absolute atomic E-state index is 12.9. The highest BCUT2D eigenvalue weighted by Gasteiger charge is 2.45. The lowest BCUT2D eigenvalue weighted by Gasteiger charge is -2.42. The van der Waals surface area contributed by atoms with Crippen molar-refractivity contribution in [2.75, 3.05) is 13.1 Å². The number of piperazine rings is 1. The Morgan fingerprint density at radius 2 is 1.64 bits per heavy atom. The van der Waals surface area contributed by atoms with Crippen LogP contribution in [0.15, 0.2) is 24.3 Å². The van der Waals surface area contributed by atoms with Gasteiger partial charge in [-0.15, -0.1) is 0 Å². The van der Waals surface area contributed by atoms with Crippen LogP contribution >= 0.6 is 0 Å². The molecular weight excluding hydrogens is 326 g/mol. The van der Waals surface area contributed by atoms with E-state index < -0.39 is 12.3 Å². The molecule has 0 N–H and O–H groups in total. The fourth-order valence-electron chi connectivity index (χ4n) is 4.00. The number of nitrogens with zero attached hydrogens (tertiary/aromatic N) is 2. The maximum Gasteiger partial charge on any atom is 0.315 e. The Hall–Kier alpha value is -1.98.